The first kappa shape index (κ1) is 23.7. The first-order valence-corrected chi connectivity index (χ1v) is 11.5. The van der Waals surface area contributed by atoms with Gasteiger partial charge >= 0.3 is 0 Å². The summed E-state index contributed by atoms with van der Waals surface area (Å²) in [6, 6.07) is 9.07. The van der Waals surface area contributed by atoms with Gasteiger partial charge in [-0.15, -0.1) is 6.58 Å². The van der Waals surface area contributed by atoms with Gasteiger partial charge in [0.2, 0.25) is 0 Å². The van der Waals surface area contributed by atoms with Crippen molar-refractivity contribution in [1.29, 1.82) is 0 Å². The Kier molecular flexibility index (Phi) is 8.06. The molecule has 2 aromatic carbocycles. The van der Waals surface area contributed by atoms with Crippen LogP contribution < -0.4 is 9.47 Å². The van der Waals surface area contributed by atoms with E-state index < -0.39 is 0 Å². The van der Waals surface area contributed by atoms with Crippen LogP contribution in [0.3, 0.4) is 0 Å². The maximum Gasteiger partial charge on any atom is 0.266 e. The van der Waals surface area contributed by atoms with Gasteiger partial charge in [-0.2, -0.15) is 0 Å². The molecule has 0 aromatic heterocycles. The lowest BCUT2D eigenvalue weighted by molar-refractivity contribution is -0.121. The maximum absolute atomic E-state index is 12.6. The van der Waals surface area contributed by atoms with E-state index in [9.17, 15) is 4.79 Å². The van der Waals surface area contributed by atoms with E-state index in [0.29, 0.717) is 43.7 Å². The molecule has 2 aromatic rings. The van der Waals surface area contributed by atoms with Crippen molar-refractivity contribution in [2.24, 2.45) is 0 Å². The third kappa shape index (κ3) is 5.44. The van der Waals surface area contributed by atoms with Crippen molar-refractivity contribution >= 4 is 63.5 Å². The number of amides is 1. The second kappa shape index (κ2) is 10.6. The molecule has 0 aliphatic carbocycles. The van der Waals surface area contributed by atoms with Crippen LogP contribution in [-0.4, -0.2) is 28.8 Å². The topological polar surface area (TPSA) is 38.8 Å². The van der Waals surface area contributed by atoms with Gasteiger partial charge in [-0.25, -0.2) is 0 Å². The summed E-state index contributed by atoms with van der Waals surface area (Å²) in [5.74, 6) is 1.08. The molecule has 0 bridgehead atoms. The molecule has 0 unspecified atom stereocenters. The molecule has 1 fully saturated rings. The molecule has 0 atom stereocenters. The van der Waals surface area contributed by atoms with E-state index in [-0.39, 0.29) is 12.5 Å². The van der Waals surface area contributed by atoms with Gasteiger partial charge in [-0.3, -0.25) is 9.69 Å². The maximum atomic E-state index is 12.6. The SMILES string of the molecule is C=CCc1cc(/C=C2\SC(=S)N(CC)C2=O)cc(OC)c1OCc1ccc(Cl)cc1Cl. The van der Waals surface area contributed by atoms with Gasteiger partial charge in [-0.1, -0.05) is 59.3 Å². The van der Waals surface area contributed by atoms with Gasteiger partial charge in [0.15, 0.2) is 11.5 Å². The van der Waals surface area contributed by atoms with E-state index >= 15 is 0 Å². The number of allylic oxidation sites excluding steroid dienone is 1. The Hall–Kier alpha value is -1.99. The van der Waals surface area contributed by atoms with Gasteiger partial charge in [0.05, 0.1) is 12.0 Å². The predicted octanol–water partition coefficient (Wildman–Crippen LogP) is 6.53. The van der Waals surface area contributed by atoms with Crippen LogP contribution in [0, 0.1) is 0 Å². The van der Waals surface area contributed by atoms with Crippen LogP contribution in [0.15, 0.2) is 47.9 Å². The number of rotatable bonds is 8. The molecule has 1 heterocycles. The van der Waals surface area contributed by atoms with Gasteiger partial charge in [-0.05, 0) is 49.2 Å². The molecule has 1 aliphatic rings. The van der Waals surface area contributed by atoms with E-state index in [1.807, 2.05) is 31.2 Å². The van der Waals surface area contributed by atoms with E-state index in [2.05, 4.69) is 6.58 Å². The van der Waals surface area contributed by atoms with Crippen molar-refractivity contribution in [3.63, 3.8) is 0 Å². The number of thioether (sulfide) groups is 1. The summed E-state index contributed by atoms with van der Waals surface area (Å²) in [6.07, 6.45) is 4.18. The molecule has 0 saturated carbocycles. The molecule has 1 amide bonds. The van der Waals surface area contributed by atoms with Crippen LogP contribution >= 0.6 is 47.2 Å². The minimum absolute atomic E-state index is 0.0838. The van der Waals surface area contributed by atoms with Crippen molar-refractivity contribution in [3.8, 4) is 11.5 Å². The van der Waals surface area contributed by atoms with Crippen molar-refractivity contribution in [3.05, 3.63) is 74.6 Å². The van der Waals surface area contributed by atoms with Crippen LogP contribution in [0.25, 0.3) is 6.08 Å². The number of benzene rings is 2. The Balaban J connectivity index is 1.94. The molecule has 0 N–H and O–H groups in total. The molecule has 162 valence electrons. The number of methoxy groups -OCH3 is 1. The molecular formula is C23H21Cl2NO3S2. The Bertz CT molecular complexity index is 1070. The lowest BCUT2D eigenvalue weighted by atomic mass is 10.0. The number of nitrogens with zero attached hydrogens (tertiary/aromatic N) is 1. The van der Waals surface area contributed by atoms with Crippen molar-refractivity contribution in [2.45, 2.75) is 20.0 Å². The van der Waals surface area contributed by atoms with Crippen LogP contribution in [-0.2, 0) is 17.8 Å². The highest BCUT2D eigenvalue weighted by Gasteiger charge is 2.30. The van der Waals surface area contributed by atoms with Gasteiger partial charge < -0.3 is 9.47 Å². The summed E-state index contributed by atoms with van der Waals surface area (Å²) in [4.78, 5) is 14.7. The first-order valence-electron chi connectivity index (χ1n) is 9.51. The van der Waals surface area contributed by atoms with Gasteiger partial charge in [0, 0.05) is 27.7 Å². The molecule has 1 aliphatic heterocycles. The molecular weight excluding hydrogens is 473 g/mol. The minimum atomic E-state index is -0.0838. The van der Waals surface area contributed by atoms with Gasteiger partial charge in [0.1, 0.15) is 10.9 Å². The van der Waals surface area contributed by atoms with Crippen LogP contribution in [0.2, 0.25) is 10.0 Å². The highest BCUT2D eigenvalue weighted by molar-refractivity contribution is 8.26. The normalized spacial score (nSPS) is 15.0. The minimum Gasteiger partial charge on any atom is -0.493 e. The first-order chi connectivity index (χ1) is 14.9. The predicted molar refractivity (Wildman–Crippen MR) is 133 cm³/mol. The van der Waals surface area contributed by atoms with Crippen molar-refractivity contribution in [1.82, 2.24) is 4.90 Å². The standard InChI is InChI=1S/C23H21Cl2NO3S2/c1-4-6-15-9-14(11-20-22(27)26(5-2)23(30)31-20)10-19(28-3)21(15)29-13-16-7-8-17(24)12-18(16)25/h4,7-12H,1,5-6,13H2,2-3H3/b20-11-. The lowest BCUT2D eigenvalue weighted by Gasteiger charge is -2.16. The molecule has 3 rings (SSSR count). The van der Waals surface area contributed by atoms with E-state index in [4.69, 9.17) is 44.9 Å². The Labute approximate surface area is 201 Å². The summed E-state index contributed by atoms with van der Waals surface area (Å²) in [5.41, 5.74) is 2.52. The van der Waals surface area contributed by atoms with Crippen molar-refractivity contribution < 1.29 is 14.3 Å². The smallest absolute Gasteiger partial charge is 0.266 e. The molecule has 0 radical (unpaired) electrons. The second-order valence-corrected chi connectivity index (χ2v) is 9.17. The fraction of sp³-hybridized carbons (Fsp3) is 0.217. The number of ether oxygens (including phenoxy) is 2. The average Bonchev–Trinajstić information content (AvgIpc) is 3.00. The summed E-state index contributed by atoms with van der Waals surface area (Å²) in [6.45, 7) is 6.55. The summed E-state index contributed by atoms with van der Waals surface area (Å²) >= 11 is 18.8. The monoisotopic (exact) mass is 493 g/mol. The number of likely N-dealkylation sites (N-methyl/N-ethyl adjacent to an activating group) is 1. The molecule has 1 saturated heterocycles. The number of thiocarbonyl (C=S) groups is 1. The Morgan fingerprint density at radius 2 is 2.00 bits per heavy atom. The highest BCUT2D eigenvalue weighted by Crippen LogP contribution is 2.38. The third-order valence-corrected chi connectivity index (χ3v) is 6.58. The fourth-order valence-electron chi connectivity index (χ4n) is 3.10. The van der Waals surface area contributed by atoms with E-state index in [0.717, 1.165) is 16.7 Å². The van der Waals surface area contributed by atoms with E-state index in [1.54, 1.807) is 30.2 Å². The molecule has 8 heteroatoms. The summed E-state index contributed by atoms with van der Waals surface area (Å²) in [5, 5.41) is 1.10. The summed E-state index contributed by atoms with van der Waals surface area (Å²) < 4.78 is 12.3. The number of carbonyl (C=O) groups excluding carboxylic acids is 1. The number of carbonyl (C=O) groups is 1. The van der Waals surface area contributed by atoms with Crippen LogP contribution in [0.5, 0.6) is 11.5 Å². The quantitative estimate of drug-likeness (QED) is 0.237. The largest absolute Gasteiger partial charge is 0.493 e. The molecule has 4 nitrogen and oxygen atoms in total. The summed E-state index contributed by atoms with van der Waals surface area (Å²) in [7, 11) is 1.58. The van der Waals surface area contributed by atoms with Crippen molar-refractivity contribution in [2.75, 3.05) is 13.7 Å². The lowest BCUT2D eigenvalue weighted by Crippen LogP contribution is -2.27. The number of hydrogen-bond donors (Lipinski definition) is 0. The Morgan fingerprint density at radius 1 is 1.23 bits per heavy atom. The highest BCUT2D eigenvalue weighted by atomic mass is 35.5. The zero-order valence-corrected chi connectivity index (χ0v) is 20.3. The third-order valence-electron chi connectivity index (χ3n) is 4.61. The number of halogens is 2. The van der Waals surface area contributed by atoms with Gasteiger partial charge in [0.25, 0.3) is 5.91 Å². The number of hydrogen-bond acceptors (Lipinski definition) is 5. The van der Waals surface area contributed by atoms with Crippen LogP contribution in [0.4, 0.5) is 0 Å². The average molecular weight is 494 g/mol. The zero-order chi connectivity index (χ0) is 22.5. The zero-order valence-electron chi connectivity index (χ0n) is 17.1. The van der Waals surface area contributed by atoms with E-state index in [1.165, 1.54) is 11.8 Å². The second-order valence-electron chi connectivity index (χ2n) is 6.65. The van der Waals surface area contributed by atoms with Crippen LogP contribution in [0.1, 0.15) is 23.6 Å². The molecule has 31 heavy (non-hydrogen) atoms. The Morgan fingerprint density at radius 3 is 2.61 bits per heavy atom. The molecule has 0 spiro atoms. The fourth-order valence-corrected chi connectivity index (χ4v) is 4.95.